The number of aromatic nitrogens is 2. The number of rotatable bonds is 2. The minimum atomic E-state index is -1.26. The second kappa shape index (κ2) is 5.02. The van der Waals surface area contributed by atoms with Gasteiger partial charge in [-0.15, -0.1) is 0 Å². The topological polar surface area (TPSA) is 66.0 Å². The number of nitrogens with one attached hydrogen (secondary N) is 1. The number of halogens is 1. The van der Waals surface area contributed by atoms with Gasteiger partial charge in [0.15, 0.2) is 0 Å². The van der Waals surface area contributed by atoms with Gasteiger partial charge in [-0.2, -0.15) is 5.10 Å². The second-order valence-corrected chi connectivity index (χ2v) is 6.33. The predicted octanol–water partition coefficient (Wildman–Crippen LogP) is 2.50. The summed E-state index contributed by atoms with van der Waals surface area (Å²) in [4.78, 5) is 12.2. The lowest BCUT2D eigenvalue weighted by molar-refractivity contribution is -0.130. The lowest BCUT2D eigenvalue weighted by atomic mass is 9.64. The van der Waals surface area contributed by atoms with Crippen LogP contribution in [0, 0.1) is 18.7 Å². The number of aryl methyl sites for hydroxylation is 1. The molecule has 3 atom stereocenters. The van der Waals surface area contributed by atoms with Crippen molar-refractivity contribution in [1.29, 1.82) is 0 Å². The van der Waals surface area contributed by atoms with E-state index >= 15 is 0 Å². The van der Waals surface area contributed by atoms with Crippen molar-refractivity contribution in [3.63, 3.8) is 0 Å². The average Bonchev–Trinajstić information content (AvgIpc) is 2.77. The van der Waals surface area contributed by atoms with Crippen LogP contribution in [0.1, 0.15) is 42.3 Å². The first-order valence-corrected chi connectivity index (χ1v) is 7.34. The summed E-state index contributed by atoms with van der Waals surface area (Å²) in [5, 5.41) is 17.9. The van der Waals surface area contributed by atoms with E-state index in [1.54, 1.807) is 25.1 Å². The molecule has 22 heavy (non-hydrogen) atoms. The molecule has 2 aromatic rings. The van der Waals surface area contributed by atoms with E-state index in [0.29, 0.717) is 11.3 Å². The number of ketones is 1. The van der Waals surface area contributed by atoms with Crippen molar-refractivity contribution in [2.24, 2.45) is 5.92 Å². The number of fused-ring (bicyclic) bond motifs is 1. The van der Waals surface area contributed by atoms with Crippen LogP contribution in [-0.4, -0.2) is 26.7 Å². The van der Waals surface area contributed by atoms with Crippen LogP contribution >= 0.6 is 0 Å². The van der Waals surface area contributed by atoms with Crippen LogP contribution in [0.15, 0.2) is 24.3 Å². The lowest BCUT2D eigenvalue weighted by Crippen LogP contribution is -2.48. The summed E-state index contributed by atoms with van der Waals surface area (Å²) in [6, 6.07) is 6.41. The zero-order valence-electron chi connectivity index (χ0n) is 12.9. The van der Waals surface area contributed by atoms with Crippen molar-refractivity contribution in [2.45, 2.75) is 38.7 Å². The Hall–Kier alpha value is -2.01. The smallest absolute Gasteiger partial charge is 0.136 e. The molecule has 3 rings (SSSR count). The Morgan fingerprint density at radius 3 is 2.77 bits per heavy atom. The lowest BCUT2D eigenvalue weighted by Gasteiger charge is -2.41. The van der Waals surface area contributed by atoms with Gasteiger partial charge in [-0.1, -0.05) is 18.2 Å². The molecule has 0 aliphatic heterocycles. The number of H-pyrrole nitrogens is 1. The van der Waals surface area contributed by atoms with E-state index in [1.165, 1.54) is 13.0 Å². The third-order valence-corrected chi connectivity index (χ3v) is 4.59. The van der Waals surface area contributed by atoms with Gasteiger partial charge in [0.05, 0.1) is 17.2 Å². The van der Waals surface area contributed by atoms with Gasteiger partial charge < -0.3 is 5.11 Å². The molecule has 0 saturated heterocycles. The molecule has 116 valence electrons. The second-order valence-electron chi connectivity index (χ2n) is 6.33. The van der Waals surface area contributed by atoms with E-state index < -0.39 is 17.4 Å². The van der Waals surface area contributed by atoms with Crippen LogP contribution < -0.4 is 0 Å². The van der Waals surface area contributed by atoms with Crippen LogP contribution in [0.5, 0.6) is 0 Å². The highest BCUT2D eigenvalue weighted by atomic mass is 19.1. The number of Topliss-reactive ketones (excluding diaryl/α,β-unsaturated/α-hetero) is 1. The molecule has 0 fully saturated rings. The van der Waals surface area contributed by atoms with Crippen LogP contribution in [0.25, 0.3) is 0 Å². The zero-order valence-corrected chi connectivity index (χ0v) is 12.9. The Morgan fingerprint density at radius 2 is 2.14 bits per heavy atom. The van der Waals surface area contributed by atoms with Gasteiger partial charge in [-0.05, 0) is 32.4 Å². The Bertz CT molecular complexity index is 736. The number of carbonyl (C=O) groups is 1. The minimum absolute atomic E-state index is 0.149. The number of aliphatic hydroxyl groups is 1. The first-order valence-electron chi connectivity index (χ1n) is 7.34. The van der Waals surface area contributed by atoms with Crippen molar-refractivity contribution in [2.75, 3.05) is 0 Å². The summed E-state index contributed by atoms with van der Waals surface area (Å²) in [5.41, 5.74) is 1.51. The Morgan fingerprint density at radius 1 is 1.45 bits per heavy atom. The highest BCUT2D eigenvalue weighted by Crippen LogP contribution is 2.47. The number of benzene rings is 1. The van der Waals surface area contributed by atoms with E-state index in [4.69, 9.17) is 0 Å². The summed E-state index contributed by atoms with van der Waals surface area (Å²) in [7, 11) is 0. The number of carbonyl (C=O) groups excluding carboxylic acids is 1. The number of hydrogen-bond acceptors (Lipinski definition) is 3. The molecule has 2 N–H and O–H groups in total. The molecular weight excluding hydrogens is 283 g/mol. The maximum Gasteiger partial charge on any atom is 0.136 e. The van der Waals surface area contributed by atoms with Gasteiger partial charge in [0.1, 0.15) is 11.6 Å². The average molecular weight is 302 g/mol. The molecule has 0 spiro atoms. The number of aromatic amines is 1. The molecule has 0 saturated carbocycles. The molecule has 1 heterocycles. The fourth-order valence-electron chi connectivity index (χ4n) is 3.75. The van der Waals surface area contributed by atoms with E-state index in [2.05, 4.69) is 10.2 Å². The summed E-state index contributed by atoms with van der Waals surface area (Å²) in [6.45, 7) is 4.93. The molecule has 1 aliphatic carbocycles. The summed E-state index contributed by atoms with van der Waals surface area (Å²) < 4.78 is 14.4. The van der Waals surface area contributed by atoms with Gasteiger partial charge >= 0.3 is 0 Å². The van der Waals surface area contributed by atoms with Crippen molar-refractivity contribution in [3.05, 3.63) is 52.6 Å². The van der Waals surface area contributed by atoms with E-state index in [-0.39, 0.29) is 18.0 Å². The van der Waals surface area contributed by atoms with E-state index in [0.717, 1.165) is 11.3 Å². The maximum atomic E-state index is 14.4. The Labute approximate surface area is 128 Å². The molecular formula is C17H19FN2O2. The third kappa shape index (κ3) is 2.16. The fraction of sp³-hybridized carbons (Fsp3) is 0.412. The maximum absolute atomic E-state index is 14.4. The van der Waals surface area contributed by atoms with Gasteiger partial charge in [-0.3, -0.25) is 9.89 Å². The molecule has 0 amide bonds. The summed E-state index contributed by atoms with van der Waals surface area (Å²) in [6.07, 6.45) is 0.280. The summed E-state index contributed by atoms with van der Waals surface area (Å²) in [5.74, 6) is -1.75. The highest BCUT2D eigenvalue weighted by Gasteiger charge is 2.49. The zero-order chi connectivity index (χ0) is 16.1. The van der Waals surface area contributed by atoms with Crippen molar-refractivity contribution in [3.8, 4) is 0 Å². The molecule has 4 nitrogen and oxygen atoms in total. The Balaban J connectivity index is 2.28. The van der Waals surface area contributed by atoms with Crippen molar-refractivity contribution < 1.29 is 14.3 Å². The van der Waals surface area contributed by atoms with Crippen molar-refractivity contribution in [1.82, 2.24) is 10.2 Å². The standard InChI is InChI=1S/C17H19FN2O2/c1-9-14-13(20-19-9)8-17(3,22)16(10(2)21)15(14)11-6-4-5-7-12(11)18/h4-7,15-16,22H,8H2,1-3H3,(H,19,20). The van der Waals surface area contributed by atoms with Gasteiger partial charge in [0.25, 0.3) is 0 Å². The minimum Gasteiger partial charge on any atom is -0.389 e. The van der Waals surface area contributed by atoms with Gasteiger partial charge in [0.2, 0.25) is 0 Å². The van der Waals surface area contributed by atoms with Crippen LogP contribution in [0.2, 0.25) is 0 Å². The molecule has 1 aromatic heterocycles. The molecule has 1 aliphatic rings. The van der Waals surface area contributed by atoms with Gasteiger partial charge in [-0.25, -0.2) is 4.39 Å². The van der Waals surface area contributed by atoms with Crippen LogP contribution in [-0.2, 0) is 11.2 Å². The molecule has 1 aromatic carbocycles. The molecule has 0 bridgehead atoms. The van der Waals surface area contributed by atoms with E-state index in [9.17, 15) is 14.3 Å². The van der Waals surface area contributed by atoms with Gasteiger partial charge in [0, 0.05) is 23.6 Å². The molecule has 3 unspecified atom stereocenters. The quantitative estimate of drug-likeness (QED) is 0.896. The molecule has 5 heteroatoms. The van der Waals surface area contributed by atoms with E-state index in [1.807, 2.05) is 6.92 Å². The first kappa shape index (κ1) is 14.9. The number of hydrogen-bond donors (Lipinski definition) is 2. The predicted molar refractivity (Wildman–Crippen MR) is 80.1 cm³/mol. The largest absolute Gasteiger partial charge is 0.389 e. The monoisotopic (exact) mass is 302 g/mol. The molecule has 0 radical (unpaired) electrons. The SMILES string of the molecule is CC(=O)C1C(c2ccccc2F)c2c(n[nH]c2C)CC1(C)O. The summed E-state index contributed by atoms with van der Waals surface area (Å²) >= 11 is 0. The highest BCUT2D eigenvalue weighted by molar-refractivity contribution is 5.82. The normalized spacial score (nSPS) is 27.5. The number of nitrogens with zero attached hydrogens (tertiary/aromatic N) is 1. The Kier molecular flexibility index (Phi) is 3.40. The van der Waals surface area contributed by atoms with Crippen LogP contribution in [0.3, 0.4) is 0 Å². The fourth-order valence-corrected chi connectivity index (χ4v) is 3.75. The first-order chi connectivity index (χ1) is 10.3. The third-order valence-electron chi connectivity index (χ3n) is 4.59. The van der Waals surface area contributed by atoms with Crippen molar-refractivity contribution >= 4 is 5.78 Å². The van der Waals surface area contributed by atoms with Crippen LogP contribution in [0.4, 0.5) is 4.39 Å².